The Hall–Kier alpha value is -1.10. The van der Waals surface area contributed by atoms with E-state index < -0.39 is 0 Å². The Bertz CT molecular complexity index is 618. The zero-order valence-corrected chi connectivity index (χ0v) is 14.1. The summed E-state index contributed by atoms with van der Waals surface area (Å²) in [6.45, 7) is 2.79. The molecule has 0 fully saturated rings. The lowest BCUT2D eigenvalue weighted by atomic mass is 9.97. The standard InChI is InChI=1S/C16H16BrClFNO/c1-3-20-16(10-4-6-11(18)7-5-10)12-8-13(17)14(19)9-15(12)21-2/h4-9,16,20H,3H2,1-2H3. The van der Waals surface area contributed by atoms with Gasteiger partial charge in [0.2, 0.25) is 0 Å². The lowest BCUT2D eigenvalue weighted by molar-refractivity contribution is 0.400. The molecule has 1 atom stereocenters. The molecule has 0 aliphatic heterocycles. The number of hydrogen-bond donors (Lipinski definition) is 1. The molecule has 0 spiro atoms. The molecule has 0 aliphatic carbocycles. The first-order valence-electron chi connectivity index (χ1n) is 6.58. The summed E-state index contributed by atoms with van der Waals surface area (Å²) in [5.74, 6) is 0.165. The van der Waals surface area contributed by atoms with Gasteiger partial charge in [-0.25, -0.2) is 4.39 Å². The van der Waals surface area contributed by atoms with Gasteiger partial charge in [0, 0.05) is 16.7 Å². The summed E-state index contributed by atoms with van der Waals surface area (Å²) in [5, 5.41) is 4.07. The average molecular weight is 373 g/mol. The first kappa shape index (κ1) is 16.3. The summed E-state index contributed by atoms with van der Waals surface area (Å²) in [4.78, 5) is 0. The maximum absolute atomic E-state index is 13.7. The van der Waals surface area contributed by atoms with E-state index in [4.69, 9.17) is 16.3 Å². The van der Waals surface area contributed by atoms with Crippen LogP contribution in [0.25, 0.3) is 0 Å². The van der Waals surface area contributed by atoms with Crippen molar-refractivity contribution >= 4 is 27.5 Å². The van der Waals surface area contributed by atoms with E-state index in [2.05, 4.69) is 21.2 Å². The van der Waals surface area contributed by atoms with Gasteiger partial charge in [-0.1, -0.05) is 30.7 Å². The van der Waals surface area contributed by atoms with Crippen LogP contribution in [0.5, 0.6) is 5.75 Å². The molecule has 5 heteroatoms. The van der Waals surface area contributed by atoms with Gasteiger partial charge in [0.15, 0.2) is 0 Å². The highest BCUT2D eigenvalue weighted by atomic mass is 79.9. The highest BCUT2D eigenvalue weighted by Crippen LogP contribution is 2.34. The van der Waals surface area contributed by atoms with Gasteiger partial charge in [-0.3, -0.25) is 0 Å². The van der Waals surface area contributed by atoms with E-state index in [0.717, 1.165) is 17.7 Å². The molecule has 0 aliphatic rings. The van der Waals surface area contributed by atoms with Crippen molar-refractivity contribution in [2.24, 2.45) is 0 Å². The Kier molecular flexibility index (Phi) is 5.62. The fourth-order valence-electron chi connectivity index (χ4n) is 2.21. The number of methoxy groups -OCH3 is 1. The average Bonchev–Trinajstić information content (AvgIpc) is 2.48. The summed E-state index contributed by atoms with van der Waals surface area (Å²) in [7, 11) is 1.54. The lowest BCUT2D eigenvalue weighted by Crippen LogP contribution is -2.22. The molecule has 1 N–H and O–H groups in total. The Balaban J connectivity index is 2.51. The highest BCUT2D eigenvalue weighted by Gasteiger charge is 2.19. The minimum absolute atomic E-state index is 0.0980. The Morgan fingerprint density at radius 1 is 1.29 bits per heavy atom. The molecule has 0 saturated heterocycles. The second kappa shape index (κ2) is 7.25. The molecule has 0 heterocycles. The molecule has 1 unspecified atom stereocenters. The molecule has 0 aromatic heterocycles. The van der Waals surface area contributed by atoms with Crippen molar-refractivity contribution in [3.63, 3.8) is 0 Å². The molecular weight excluding hydrogens is 357 g/mol. The third-order valence-corrected chi connectivity index (χ3v) is 4.05. The van der Waals surface area contributed by atoms with Gasteiger partial charge >= 0.3 is 0 Å². The molecule has 2 rings (SSSR count). The molecule has 2 nitrogen and oxygen atoms in total. The second-order valence-electron chi connectivity index (χ2n) is 4.55. The largest absolute Gasteiger partial charge is 0.496 e. The number of ether oxygens (including phenoxy) is 1. The predicted molar refractivity (Wildman–Crippen MR) is 87.6 cm³/mol. The number of rotatable bonds is 5. The minimum atomic E-state index is -0.345. The van der Waals surface area contributed by atoms with Crippen LogP contribution in [-0.2, 0) is 0 Å². The topological polar surface area (TPSA) is 21.3 Å². The number of hydrogen-bond acceptors (Lipinski definition) is 2. The van der Waals surface area contributed by atoms with E-state index in [-0.39, 0.29) is 11.9 Å². The van der Waals surface area contributed by atoms with Gasteiger partial charge in [-0.15, -0.1) is 0 Å². The molecule has 0 bridgehead atoms. The first-order valence-corrected chi connectivity index (χ1v) is 7.75. The molecule has 112 valence electrons. The normalized spacial score (nSPS) is 12.2. The van der Waals surface area contributed by atoms with Gasteiger partial charge in [0.25, 0.3) is 0 Å². The fraction of sp³-hybridized carbons (Fsp3) is 0.250. The molecule has 2 aromatic rings. The monoisotopic (exact) mass is 371 g/mol. The zero-order chi connectivity index (χ0) is 15.4. The molecular formula is C16H16BrClFNO. The third kappa shape index (κ3) is 3.76. The van der Waals surface area contributed by atoms with Gasteiger partial charge in [-0.2, -0.15) is 0 Å². The molecule has 21 heavy (non-hydrogen) atoms. The summed E-state index contributed by atoms with van der Waals surface area (Å²) >= 11 is 9.18. The Morgan fingerprint density at radius 2 is 1.95 bits per heavy atom. The highest BCUT2D eigenvalue weighted by molar-refractivity contribution is 9.10. The van der Waals surface area contributed by atoms with Gasteiger partial charge in [-0.05, 0) is 46.2 Å². The minimum Gasteiger partial charge on any atom is -0.496 e. The zero-order valence-electron chi connectivity index (χ0n) is 11.8. The SMILES string of the molecule is CCNC(c1ccc(Cl)cc1)c1cc(Br)c(F)cc1OC. The molecule has 0 saturated carbocycles. The predicted octanol–water partition coefficient (Wildman–Crippen LogP) is 4.95. The van der Waals surface area contributed by atoms with Crippen LogP contribution in [0.4, 0.5) is 4.39 Å². The smallest absolute Gasteiger partial charge is 0.141 e. The van der Waals surface area contributed by atoms with E-state index in [1.807, 2.05) is 31.2 Å². The van der Waals surface area contributed by atoms with Gasteiger partial charge in [0.1, 0.15) is 11.6 Å². The van der Waals surface area contributed by atoms with Crippen molar-refractivity contribution < 1.29 is 9.13 Å². The van der Waals surface area contributed by atoms with Crippen molar-refractivity contribution in [2.75, 3.05) is 13.7 Å². The summed E-state index contributed by atoms with van der Waals surface area (Å²) < 4.78 is 19.4. The maximum atomic E-state index is 13.7. The van der Waals surface area contributed by atoms with Crippen LogP contribution in [0.1, 0.15) is 24.1 Å². The summed E-state index contributed by atoms with van der Waals surface area (Å²) in [5.41, 5.74) is 1.91. The van der Waals surface area contributed by atoms with Crippen LogP contribution < -0.4 is 10.1 Å². The third-order valence-electron chi connectivity index (χ3n) is 3.20. The number of nitrogens with one attached hydrogen (secondary N) is 1. The van der Waals surface area contributed by atoms with Crippen molar-refractivity contribution in [1.82, 2.24) is 5.32 Å². The number of benzene rings is 2. The van der Waals surface area contributed by atoms with Crippen LogP contribution in [0.2, 0.25) is 5.02 Å². The quantitative estimate of drug-likeness (QED) is 0.802. The molecule has 0 amide bonds. The van der Waals surface area contributed by atoms with Crippen LogP contribution in [0, 0.1) is 5.82 Å². The van der Waals surface area contributed by atoms with Crippen LogP contribution in [0.3, 0.4) is 0 Å². The van der Waals surface area contributed by atoms with Crippen molar-refractivity contribution in [3.8, 4) is 5.75 Å². The summed E-state index contributed by atoms with van der Waals surface area (Å²) in [6.07, 6.45) is 0. The fourth-order valence-corrected chi connectivity index (χ4v) is 2.70. The first-order chi connectivity index (χ1) is 10.1. The lowest BCUT2D eigenvalue weighted by Gasteiger charge is -2.22. The van der Waals surface area contributed by atoms with E-state index >= 15 is 0 Å². The van der Waals surface area contributed by atoms with E-state index in [9.17, 15) is 4.39 Å². The second-order valence-corrected chi connectivity index (χ2v) is 5.84. The molecule has 0 radical (unpaired) electrons. The van der Waals surface area contributed by atoms with Crippen molar-refractivity contribution in [1.29, 1.82) is 0 Å². The van der Waals surface area contributed by atoms with Crippen molar-refractivity contribution in [3.05, 3.63) is 62.8 Å². The van der Waals surface area contributed by atoms with E-state index in [1.54, 1.807) is 6.07 Å². The van der Waals surface area contributed by atoms with Gasteiger partial charge < -0.3 is 10.1 Å². The van der Waals surface area contributed by atoms with Gasteiger partial charge in [0.05, 0.1) is 17.6 Å². The van der Waals surface area contributed by atoms with Crippen LogP contribution in [-0.4, -0.2) is 13.7 Å². The summed E-state index contributed by atoms with van der Waals surface area (Å²) in [6, 6.07) is 10.6. The van der Waals surface area contributed by atoms with Crippen LogP contribution in [0.15, 0.2) is 40.9 Å². The van der Waals surface area contributed by atoms with E-state index in [1.165, 1.54) is 13.2 Å². The maximum Gasteiger partial charge on any atom is 0.141 e. The Labute approximate surface area is 137 Å². The van der Waals surface area contributed by atoms with Crippen molar-refractivity contribution in [2.45, 2.75) is 13.0 Å². The molecule has 2 aromatic carbocycles. The number of halogens is 3. The van der Waals surface area contributed by atoms with Crippen LogP contribution >= 0.6 is 27.5 Å². The Morgan fingerprint density at radius 3 is 2.52 bits per heavy atom. The van der Waals surface area contributed by atoms with E-state index in [0.29, 0.717) is 15.2 Å².